The number of imidazole rings is 1. The highest BCUT2D eigenvalue weighted by atomic mass is 35.5. The topological polar surface area (TPSA) is 107 Å². The highest BCUT2D eigenvalue weighted by Gasteiger charge is 2.16. The first kappa shape index (κ1) is 23.0. The third-order valence-corrected chi connectivity index (χ3v) is 5.17. The molecule has 4 aromatic rings. The summed E-state index contributed by atoms with van der Waals surface area (Å²) < 4.78 is 13.8. The van der Waals surface area contributed by atoms with Crippen molar-refractivity contribution in [3.63, 3.8) is 0 Å². The number of hydrogen-bond acceptors (Lipinski definition) is 5. The average molecular weight is 475 g/mol. The zero-order valence-electron chi connectivity index (χ0n) is 18.4. The molecule has 1 aromatic carbocycles. The molecule has 0 aliphatic heterocycles. The number of H-pyrrole nitrogens is 1. The number of aryl methyl sites for hydroxylation is 2. The fraction of sp³-hybridized carbons (Fsp3) is 0.0800. The summed E-state index contributed by atoms with van der Waals surface area (Å²) in [7, 11) is 0. The number of benzene rings is 1. The molecule has 0 aliphatic rings. The fourth-order valence-corrected chi connectivity index (χ4v) is 3.67. The molecule has 0 bridgehead atoms. The first-order valence-corrected chi connectivity index (χ1v) is 10.7. The first-order chi connectivity index (χ1) is 16.3. The Morgan fingerprint density at radius 2 is 1.94 bits per heavy atom. The van der Waals surface area contributed by atoms with Gasteiger partial charge in [0.1, 0.15) is 22.6 Å². The van der Waals surface area contributed by atoms with E-state index >= 15 is 0 Å². The number of halogens is 2. The molecule has 0 spiro atoms. The van der Waals surface area contributed by atoms with E-state index in [1.165, 1.54) is 12.1 Å². The molecule has 9 heteroatoms. The summed E-state index contributed by atoms with van der Waals surface area (Å²) in [5.41, 5.74) is 4.20. The van der Waals surface area contributed by atoms with Crippen LogP contribution >= 0.6 is 11.6 Å². The largest absolute Gasteiger partial charge is 0.338 e. The molecule has 3 aromatic heterocycles. The van der Waals surface area contributed by atoms with Gasteiger partial charge in [0.25, 0.3) is 5.91 Å². The summed E-state index contributed by atoms with van der Waals surface area (Å²) >= 11 is 5.98. The van der Waals surface area contributed by atoms with Gasteiger partial charge in [-0.05, 0) is 74.0 Å². The van der Waals surface area contributed by atoms with E-state index < -0.39 is 0 Å². The lowest BCUT2D eigenvalue weighted by molar-refractivity contribution is 0.102. The molecular formula is C25H20ClFN6O. The van der Waals surface area contributed by atoms with Crippen LogP contribution in [0.25, 0.3) is 28.6 Å². The van der Waals surface area contributed by atoms with Crippen LogP contribution < -0.4 is 5.32 Å². The Balaban J connectivity index is 1.72. The lowest BCUT2D eigenvalue weighted by Gasteiger charge is -2.08. The summed E-state index contributed by atoms with van der Waals surface area (Å²) in [6, 6.07) is 11.4. The zero-order valence-corrected chi connectivity index (χ0v) is 19.1. The van der Waals surface area contributed by atoms with Crippen molar-refractivity contribution < 1.29 is 9.18 Å². The molecule has 170 valence electrons. The summed E-state index contributed by atoms with van der Waals surface area (Å²) in [4.78, 5) is 28.9. The Morgan fingerprint density at radius 3 is 2.68 bits per heavy atom. The van der Waals surface area contributed by atoms with Crippen LogP contribution in [0, 0.1) is 25.1 Å². The Bertz CT molecular complexity index is 1410. The number of allylic oxidation sites excluding steroid dienone is 1. The first-order valence-electron chi connectivity index (χ1n) is 10.3. The number of amides is 1. The van der Waals surface area contributed by atoms with Crippen LogP contribution in [-0.4, -0.2) is 32.1 Å². The van der Waals surface area contributed by atoms with Crippen molar-refractivity contribution in [3.8, 4) is 22.5 Å². The third-order valence-electron chi connectivity index (χ3n) is 4.98. The number of carbonyl (C=O) groups excluding carboxylic acids is 1. The van der Waals surface area contributed by atoms with Crippen molar-refractivity contribution in [1.29, 1.82) is 5.41 Å². The molecule has 0 unspecified atom stereocenters. The Labute approximate surface area is 200 Å². The van der Waals surface area contributed by atoms with Gasteiger partial charge in [0.15, 0.2) is 0 Å². The van der Waals surface area contributed by atoms with Gasteiger partial charge in [-0.1, -0.05) is 11.6 Å². The fourth-order valence-electron chi connectivity index (χ4n) is 3.42. The average Bonchev–Trinajstić information content (AvgIpc) is 3.23. The minimum atomic E-state index is -0.370. The third kappa shape index (κ3) is 5.07. The second-order valence-corrected chi connectivity index (χ2v) is 7.93. The summed E-state index contributed by atoms with van der Waals surface area (Å²) in [6.45, 7) is 3.44. The smallest absolute Gasteiger partial charge is 0.256 e. The van der Waals surface area contributed by atoms with Gasteiger partial charge in [0.05, 0.1) is 11.4 Å². The van der Waals surface area contributed by atoms with E-state index in [-0.39, 0.29) is 16.9 Å². The Kier molecular flexibility index (Phi) is 6.60. The van der Waals surface area contributed by atoms with Crippen molar-refractivity contribution >= 4 is 35.6 Å². The monoisotopic (exact) mass is 474 g/mol. The second kappa shape index (κ2) is 9.76. The molecule has 34 heavy (non-hydrogen) atoms. The molecule has 0 aliphatic carbocycles. The number of anilines is 1. The van der Waals surface area contributed by atoms with Crippen LogP contribution in [0.1, 0.15) is 27.4 Å². The van der Waals surface area contributed by atoms with Crippen LogP contribution in [0.3, 0.4) is 0 Å². The number of nitrogens with one attached hydrogen (secondary N) is 3. The summed E-state index contributed by atoms with van der Waals surface area (Å²) in [6.07, 6.45) is 5.93. The molecule has 4 rings (SSSR count). The van der Waals surface area contributed by atoms with E-state index in [0.717, 1.165) is 11.8 Å². The normalized spacial score (nSPS) is 11.1. The molecular weight excluding hydrogens is 455 g/mol. The van der Waals surface area contributed by atoms with Gasteiger partial charge in [-0.2, -0.15) is 0 Å². The van der Waals surface area contributed by atoms with Gasteiger partial charge >= 0.3 is 0 Å². The molecule has 0 saturated carbocycles. The van der Waals surface area contributed by atoms with E-state index in [9.17, 15) is 9.18 Å². The maximum atomic E-state index is 13.8. The maximum Gasteiger partial charge on any atom is 0.256 e. The van der Waals surface area contributed by atoms with E-state index in [1.807, 2.05) is 0 Å². The molecule has 0 fully saturated rings. The van der Waals surface area contributed by atoms with Crippen molar-refractivity contribution in [1.82, 2.24) is 19.9 Å². The van der Waals surface area contributed by atoms with E-state index in [1.54, 1.807) is 62.5 Å². The highest BCUT2D eigenvalue weighted by molar-refractivity contribution is 6.29. The Morgan fingerprint density at radius 1 is 1.12 bits per heavy atom. The van der Waals surface area contributed by atoms with Crippen LogP contribution in [-0.2, 0) is 0 Å². The predicted molar refractivity (Wildman–Crippen MR) is 132 cm³/mol. The van der Waals surface area contributed by atoms with E-state index in [4.69, 9.17) is 17.0 Å². The Hall–Kier alpha value is -4.17. The van der Waals surface area contributed by atoms with Gasteiger partial charge < -0.3 is 15.7 Å². The van der Waals surface area contributed by atoms with Crippen LogP contribution in [0.4, 0.5) is 10.2 Å². The second-order valence-electron chi connectivity index (χ2n) is 7.54. The van der Waals surface area contributed by atoms with Gasteiger partial charge in [-0.3, -0.25) is 4.79 Å². The highest BCUT2D eigenvalue weighted by Crippen LogP contribution is 2.32. The summed E-state index contributed by atoms with van der Waals surface area (Å²) in [5, 5.41) is 10.2. The zero-order chi connectivity index (χ0) is 24.2. The van der Waals surface area contributed by atoms with Crippen molar-refractivity contribution in [2.24, 2.45) is 0 Å². The van der Waals surface area contributed by atoms with Crippen molar-refractivity contribution in [2.75, 3.05) is 5.32 Å². The van der Waals surface area contributed by atoms with Gasteiger partial charge in [-0.25, -0.2) is 19.3 Å². The molecule has 1 amide bonds. The molecule has 0 atom stereocenters. The SMILES string of the molecule is Cc1cc(C(=O)Nc2cc(-c3[nH]c(/C=C\C=N)nc3-c3ccc(F)c(C)c3)ccn2)cc(Cl)n1. The lowest BCUT2D eigenvalue weighted by Crippen LogP contribution is -2.13. The number of hydrogen-bond donors (Lipinski definition) is 3. The van der Waals surface area contributed by atoms with Crippen LogP contribution in [0.5, 0.6) is 0 Å². The molecule has 0 radical (unpaired) electrons. The number of carbonyl (C=O) groups is 1. The number of rotatable bonds is 6. The molecule has 0 saturated heterocycles. The maximum absolute atomic E-state index is 13.8. The minimum Gasteiger partial charge on any atom is -0.338 e. The van der Waals surface area contributed by atoms with Crippen LogP contribution in [0.2, 0.25) is 5.15 Å². The number of pyridine rings is 2. The number of aromatic amines is 1. The van der Waals surface area contributed by atoms with Crippen molar-refractivity contribution in [2.45, 2.75) is 13.8 Å². The van der Waals surface area contributed by atoms with E-state index in [0.29, 0.717) is 45.4 Å². The van der Waals surface area contributed by atoms with E-state index in [2.05, 4.69) is 25.3 Å². The summed E-state index contributed by atoms with van der Waals surface area (Å²) in [5.74, 6) is 0.191. The van der Waals surface area contributed by atoms with Crippen molar-refractivity contribution in [3.05, 3.63) is 88.4 Å². The predicted octanol–water partition coefficient (Wildman–Crippen LogP) is 5.86. The quantitative estimate of drug-likeness (QED) is 0.240. The number of aromatic nitrogens is 4. The van der Waals surface area contributed by atoms with Gasteiger partial charge in [-0.15, -0.1) is 0 Å². The van der Waals surface area contributed by atoms with Crippen LogP contribution in [0.15, 0.2) is 54.7 Å². The standard InChI is InChI=1S/C25H20ClFN6O/c1-14-10-16(5-6-19(14)27)23-24(32-21(31-23)4-3-8-28)17-7-9-29-22(13-17)33-25(34)18-11-15(2)30-20(26)12-18/h3-13,28H,1-2H3,(H,31,32)(H,29,33,34)/b4-3-,28-8?. The minimum absolute atomic E-state index is 0.231. The molecule has 3 N–H and O–H groups in total. The molecule has 3 heterocycles. The van der Waals surface area contributed by atoms with Gasteiger partial charge in [0, 0.05) is 34.8 Å². The molecule has 7 nitrogen and oxygen atoms in total. The number of nitrogens with zero attached hydrogens (tertiary/aromatic N) is 3. The van der Waals surface area contributed by atoms with Gasteiger partial charge in [0.2, 0.25) is 0 Å². The lowest BCUT2D eigenvalue weighted by atomic mass is 10.0.